The number of halogens is 2. The summed E-state index contributed by atoms with van der Waals surface area (Å²) < 4.78 is 26.1. The molecule has 0 aliphatic heterocycles. The Morgan fingerprint density at radius 1 is 1.14 bits per heavy atom. The number of hydrogen-bond donors (Lipinski definition) is 1. The van der Waals surface area contributed by atoms with Crippen LogP contribution in [0.3, 0.4) is 0 Å². The number of aryl methyl sites for hydroxylation is 1. The summed E-state index contributed by atoms with van der Waals surface area (Å²) in [5.41, 5.74) is 1.91. The van der Waals surface area contributed by atoms with Crippen molar-refractivity contribution in [2.45, 2.75) is 13.3 Å². The second-order valence-electron chi connectivity index (χ2n) is 4.71. The van der Waals surface area contributed by atoms with Crippen molar-refractivity contribution >= 4 is 11.4 Å². The lowest BCUT2D eigenvalue weighted by atomic mass is 10.1. The number of benzene rings is 2. The van der Waals surface area contributed by atoms with Gasteiger partial charge in [-0.05, 0) is 43.2 Å². The van der Waals surface area contributed by atoms with Gasteiger partial charge in [0.2, 0.25) is 0 Å². The van der Waals surface area contributed by atoms with Crippen LogP contribution in [0.15, 0.2) is 36.4 Å². The molecule has 0 saturated heterocycles. The SMILES string of the molecule is Cc1cc(NCCc2cc(F)cc(F)c2)ccc1[N+](=O)[O-]. The molecular formula is C15H14F2N2O2. The Morgan fingerprint density at radius 2 is 1.81 bits per heavy atom. The van der Waals surface area contributed by atoms with Crippen molar-refractivity contribution in [1.29, 1.82) is 0 Å². The van der Waals surface area contributed by atoms with E-state index in [9.17, 15) is 18.9 Å². The third-order valence-corrected chi connectivity index (χ3v) is 3.06. The molecular weight excluding hydrogens is 278 g/mol. The van der Waals surface area contributed by atoms with Crippen LogP contribution in [0.25, 0.3) is 0 Å². The topological polar surface area (TPSA) is 55.2 Å². The highest BCUT2D eigenvalue weighted by Crippen LogP contribution is 2.21. The van der Waals surface area contributed by atoms with E-state index >= 15 is 0 Å². The summed E-state index contributed by atoms with van der Waals surface area (Å²) in [5.74, 6) is -1.20. The van der Waals surface area contributed by atoms with Gasteiger partial charge in [0.05, 0.1) is 4.92 Å². The summed E-state index contributed by atoms with van der Waals surface area (Å²) in [5, 5.41) is 13.8. The predicted molar refractivity (Wildman–Crippen MR) is 76.4 cm³/mol. The highest BCUT2D eigenvalue weighted by atomic mass is 19.1. The fraction of sp³-hybridized carbons (Fsp3) is 0.200. The average molecular weight is 292 g/mol. The molecule has 0 saturated carbocycles. The first-order chi connectivity index (χ1) is 9.95. The average Bonchev–Trinajstić information content (AvgIpc) is 2.37. The molecule has 0 atom stereocenters. The third-order valence-electron chi connectivity index (χ3n) is 3.06. The summed E-state index contributed by atoms with van der Waals surface area (Å²) in [4.78, 5) is 10.3. The van der Waals surface area contributed by atoms with E-state index < -0.39 is 16.6 Å². The van der Waals surface area contributed by atoms with Gasteiger partial charge in [0.1, 0.15) is 11.6 Å². The van der Waals surface area contributed by atoms with Crippen molar-refractivity contribution in [2.75, 3.05) is 11.9 Å². The lowest BCUT2D eigenvalue weighted by molar-refractivity contribution is -0.385. The maximum atomic E-state index is 13.0. The lowest BCUT2D eigenvalue weighted by Gasteiger charge is -2.08. The van der Waals surface area contributed by atoms with Crippen molar-refractivity contribution in [3.8, 4) is 0 Å². The van der Waals surface area contributed by atoms with Crippen LogP contribution >= 0.6 is 0 Å². The minimum absolute atomic E-state index is 0.0627. The van der Waals surface area contributed by atoms with Gasteiger partial charge in [0, 0.05) is 29.9 Å². The van der Waals surface area contributed by atoms with E-state index in [2.05, 4.69) is 5.32 Å². The van der Waals surface area contributed by atoms with Gasteiger partial charge in [-0.25, -0.2) is 8.78 Å². The van der Waals surface area contributed by atoms with Gasteiger partial charge in [-0.2, -0.15) is 0 Å². The molecule has 4 nitrogen and oxygen atoms in total. The molecule has 0 aliphatic rings. The number of hydrogen-bond acceptors (Lipinski definition) is 3. The zero-order valence-corrected chi connectivity index (χ0v) is 11.4. The van der Waals surface area contributed by atoms with Crippen LogP contribution < -0.4 is 5.32 Å². The quantitative estimate of drug-likeness (QED) is 0.673. The summed E-state index contributed by atoms with van der Waals surface area (Å²) in [6, 6.07) is 8.11. The van der Waals surface area contributed by atoms with Crippen molar-refractivity contribution in [1.82, 2.24) is 0 Å². The molecule has 21 heavy (non-hydrogen) atoms. The standard InChI is InChI=1S/C15H14F2N2O2/c1-10-6-14(2-3-15(10)19(20)21)18-5-4-11-7-12(16)9-13(17)8-11/h2-3,6-9,18H,4-5H2,1H3. The number of nitro benzene ring substituents is 1. The van der Waals surface area contributed by atoms with Crippen LogP contribution in [0.1, 0.15) is 11.1 Å². The molecule has 0 unspecified atom stereocenters. The molecule has 2 rings (SSSR count). The van der Waals surface area contributed by atoms with Crippen LogP contribution in [-0.2, 0) is 6.42 Å². The molecule has 2 aromatic carbocycles. The highest BCUT2D eigenvalue weighted by molar-refractivity contribution is 5.53. The summed E-state index contributed by atoms with van der Waals surface area (Å²) in [6.07, 6.45) is 0.449. The number of rotatable bonds is 5. The smallest absolute Gasteiger partial charge is 0.272 e. The third kappa shape index (κ3) is 3.98. The Labute approximate surface area is 120 Å². The summed E-state index contributed by atoms with van der Waals surface area (Å²) in [7, 11) is 0. The fourth-order valence-corrected chi connectivity index (χ4v) is 2.08. The molecule has 0 heterocycles. The molecule has 110 valence electrons. The molecule has 0 radical (unpaired) electrons. The zero-order valence-electron chi connectivity index (χ0n) is 11.4. The van der Waals surface area contributed by atoms with E-state index in [0.717, 1.165) is 11.8 Å². The molecule has 0 aliphatic carbocycles. The van der Waals surface area contributed by atoms with Gasteiger partial charge >= 0.3 is 0 Å². The van der Waals surface area contributed by atoms with E-state index in [-0.39, 0.29) is 5.69 Å². The van der Waals surface area contributed by atoms with Crippen LogP contribution in [0.2, 0.25) is 0 Å². The van der Waals surface area contributed by atoms with Crippen molar-refractivity contribution in [2.24, 2.45) is 0 Å². The molecule has 0 aromatic heterocycles. The highest BCUT2D eigenvalue weighted by Gasteiger charge is 2.09. The van der Waals surface area contributed by atoms with Crippen molar-refractivity contribution < 1.29 is 13.7 Å². The van der Waals surface area contributed by atoms with E-state index in [1.807, 2.05) is 0 Å². The van der Waals surface area contributed by atoms with E-state index in [0.29, 0.717) is 24.1 Å². The molecule has 6 heteroatoms. The minimum Gasteiger partial charge on any atom is -0.385 e. The first-order valence-electron chi connectivity index (χ1n) is 6.39. The van der Waals surface area contributed by atoms with E-state index in [1.165, 1.54) is 18.2 Å². The van der Waals surface area contributed by atoms with Crippen molar-refractivity contribution in [3.63, 3.8) is 0 Å². The summed E-state index contributed by atoms with van der Waals surface area (Å²) >= 11 is 0. The predicted octanol–water partition coefficient (Wildman–Crippen LogP) is 3.84. The molecule has 1 N–H and O–H groups in total. The largest absolute Gasteiger partial charge is 0.385 e. The maximum Gasteiger partial charge on any atom is 0.272 e. The molecule has 0 fully saturated rings. The second kappa shape index (κ2) is 6.30. The molecule has 2 aromatic rings. The van der Waals surface area contributed by atoms with E-state index in [4.69, 9.17) is 0 Å². The second-order valence-corrected chi connectivity index (χ2v) is 4.71. The van der Waals surface area contributed by atoms with Gasteiger partial charge in [-0.1, -0.05) is 0 Å². The van der Waals surface area contributed by atoms with Gasteiger partial charge < -0.3 is 5.32 Å². The van der Waals surface area contributed by atoms with Gasteiger partial charge in [0.25, 0.3) is 5.69 Å². The first-order valence-corrected chi connectivity index (χ1v) is 6.39. The van der Waals surface area contributed by atoms with Crippen molar-refractivity contribution in [3.05, 3.63) is 69.3 Å². The monoisotopic (exact) mass is 292 g/mol. The Morgan fingerprint density at radius 3 is 2.38 bits per heavy atom. The van der Waals surface area contributed by atoms with Crippen LogP contribution in [0, 0.1) is 28.7 Å². The minimum atomic E-state index is -0.601. The Balaban J connectivity index is 1.97. The number of nitrogens with zero attached hydrogens (tertiary/aromatic N) is 1. The Bertz CT molecular complexity index is 654. The first kappa shape index (κ1) is 14.9. The lowest BCUT2D eigenvalue weighted by Crippen LogP contribution is -2.06. The van der Waals surface area contributed by atoms with E-state index in [1.54, 1.807) is 19.1 Å². The fourth-order valence-electron chi connectivity index (χ4n) is 2.08. The maximum absolute atomic E-state index is 13.0. The van der Waals surface area contributed by atoms with Crippen LogP contribution in [-0.4, -0.2) is 11.5 Å². The van der Waals surface area contributed by atoms with Gasteiger partial charge in [-0.3, -0.25) is 10.1 Å². The normalized spacial score (nSPS) is 10.4. The summed E-state index contributed by atoms with van der Waals surface area (Å²) in [6.45, 7) is 2.13. The molecule has 0 spiro atoms. The van der Waals surface area contributed by atoms with Gasteiger partial charge in [0.15, 0.2) is 0 Å². The van der Waals surface area contributed by atoms with Crippen LogP contribution in [0.5, 0.6) is 0 Å². The number of anilines is 1. The molecule has 0 bridgehead atoms. The number of nitro groups is 1. The number of nitrogens with one attached hydrogen (secondary N) is 1. The zero-order chi connectivity index (χ0) is 15.4. The van der Waals surface area contributed by atoms with Gasteiger partial charge in [-0.15, -0.1) is 0 Å². The van der Waals surface area contributed by atoms with Crippen LogP contribution in [0.4, 0.5) is 20.2 Å². The Kier molecular flexibility index (Phi) is 4.47. The molecule has 0 amide bonds. The Hall–Kier alpha value is -2.50.